The molecule has 0 saturated heterocycles. The summed E-state index contributed by atoms with van der Waals surface area (Å²) in [5.74, 6) is -0.754. The summed E-state index contributed by atoms with van der Waals surface area (Å²) in [5.41, 5.74) is 2.17. The molecule has 1 N–H and O–H groups in total. The van der Waals surface area contributed by atoms with Gasteiger partial charge in [0, 0.05) is 15.2 Å². The van der Waals surface area contributed by atoms with E-state index in [0.29, 0.717) is 23.2 Å². The van der Waals surface area contributed by atoms with E-state index < -0.39 is 11.8 Å². The molecule has 1 aromatic heterocycles. The SMILES string of the molecule is CCOc1ccc(/C2=C\CCC/C=C(/c3cc(C(=O)O)c4cc(F)ccc4n3)S2)cc1. The lowest BCUT2D eigenvalue weighted by atomic mass is 10.1. The molecule has 6 heteroatoms. The highest BCUT2D eigenvalue weighted by atomic mass is 32.2. The second kappa shape index (κ2) is 9.35. The van der Waals surface area contributed by atoms with Crippen LogP contribution in [0.15, 0.2) is 60.7 Å². The van der Waals surface area contributed by atoms with Crippen molar-refractivity contribution in [1.82, 2.24) is 4.98 Å². The summed E-state index contributed by atoms with van der Waals surface area (Å²) >= 11 is 1.58. The van der Waals surface area contributed by atoms with Crippen LogP contribution in [-0.4, -0.2) is 22.7 Å². The van der Waals surface area contributed by atoms with Crippen molar-refractivity contribution in [2.45, 2.75) is 26.2 Å². The fourth-order valence-electron chi connectivity index (χ4n) is 3.50. The monoisotopic (exact) mass is 435 g/mol. The van der Waals surface area contributed by atoms with Gasteiger partial charge in [0.15, 0.2) is 0 Å². The van der Waals surface area contributed by atoms with Gasteiger partial charge >= 0.3 is 5.97 Å². The van der Waals surface area contributed by atoms with Crippen LogP contribution in [0.5, 0.6) is 5.75 Å². The minimum atomic E-state index is -1.10. The molecule has 0 atom stereocenters. The summed E-state index contributed by atoms with van der Waals surface area (Å²) in [4.78, 5) is 18.5. The number of aromatic carboxylic acids is 1. The van der Waals surface area contributed by atoms with Gasteiger partial charge in [0.2, 0.25) is 0 Å². The summed E-state index contributed by atoms with van der Waals surface area (Å²) in [6.07, 6.45) is 7.15. The van der Waals surface area contributed by atoms with Crippen LogP contribution in [-0.2, 0) is 0 Å². The Morgan fingerprint density at radius 2 is 1.84 bits per heavy atom. The van der Waals surface area contributed by atoms with Gasteiger partial charge in [-0.1, -0.05) is 36.0 Å². The van der Waals surface area contributed by atoms with Crippen molar-refractivity contribution >= 4 is 38.4 Å². The summed E-state index contributed by atoms with van der Waals surface area (Å²) in [5, 5.41) is 10.00. The minimum absolute atomic E-state index is 0.0506. The Morgan fingerprint density at radius 1 is 1.10 bits per heavy atom. The fraction of sp³-hybridized carbons (Fsp3) is 0.200. The fourth-order valence-corrected chi connectivity index (χ4v) is 4.61. The summed E-state index contributed by atoms with van der Waals surface area (Å²) in [6.45, 7) is 2.57. The highest BCUT2D eigenvalue weighted by Crippen LogP contribution is 2.41. The number of hydrogen-bond donors (Lipinski definition) is 1. The van der Waals surface area contributed by atoms with Crippen molar-refractivity contribution in [3.63, 3.8) is 0 Å². The number of hydrogen-bond acceptors (Lipinski definition) is 4. The van der Waals surface area contributed by atoms with Gasteiger partial charge in [-0.2, -0.15) is 0 Å². The first-order valence-corrected chi connectivity index (χ1v) is 11.0. The number of thioether (sulfide) groups is 1. The van der Waals surface area contributed by atoms with E-state index in [0.717, 1.165) is 40.4 Å². The molecule has 0 spiro atoms. The van der Waals surface area contributed by atoms with Crippen molar-refractivity contribution in [1.29, 1.82) is 0 Å². The third-order valence-electron chi connectivity index (χ3n) is 4.99. The van der Waals surface area contributed by atoms with Crippen molar-refractivity contribution in [2.24, 2.45) is 0 Å². The number of halogens is 1. The van der Waals surface area contributed by atoms with Crippen molar-refractivity contribution in [3.05, 3.63) is 83.3 Å². The first-order valence-electron chi connectivity index (χ1n) is 10.2. The smallest absolute Gasteiger partial charge is 0.336 e. The number of rotatable bonds is 5. The Labute approximate surface area is 184 Å². The van der Waals surface area contributed by atoms with E-state index in [2.05, 4.69) is 17.1 Å². The molecule has 0 fully saturated rings. The van der Waals surface area contributed by atoms with Crippen LogP contribution in [0.3, 0.4) is 0 Å². The second-order valence-electron chi connectivity index (χ2n) is 7.15. The molecule has 0 aliphatic carbocycles. The van der Waals surface area contributed by atoms with Gasteiger partial charge in [0.25, 0.3) is 0 Å². The summed E-state index contributed by atoms with van der Waals surface area (Å²) in [6, 6.07) is 13.6. The topological polar surface area (TPSA) is 59.4 Å². The van der Waals surface area contributed by atoms with Crippen LogP contribution < -0.4 is 4.74 Å². The number of carboxylic acid groups (broad SMARTS) is 1. The molecule has 0 radical (unpaired) electrons. The predicted octanol–water partition coefficient (Wildman–Crippen LogP) is 6.77. The van der Waals surface area contributed by atoms with Gasteiger partial charge in [-0.05, 0) is 68.1 Å². The maximum Gasteiger partial charge on any atom is 0.336 e. The van der Waals surface area contributed by atoms with Crippen LogP contribution in [0.4, 0.5) is 4.39 Å². The summed E-state index contributed by atoms with van der Waals surface area (Å²) < 4.78 is 19.2. The zero-order chi connectivity index (χ0) is 21.8. The minimum Gasteiger partial charge on any atom is -0.494 e. The highest BCUT2D eigenvalue weighted by molar-refractivity contribution is 8.16. The Hall–Kier alpha value is -3.12. The molecule has 0 unspecified atom stereocenters. The molecule has 2 heterocycles. The third-order valence-corrected chi connectivity index (χ3v) is 6.21. The third kappa shape index (κ3) is 4.80. The molecule has 158 valence electrons. The Bertz CT molecular complexity index is 1190. The quantitative estimate of drug-likeness (QED) is 0.479. The number of carbonyl (C=O) groups is 1. The second-order valence-corrected chi connectivity index (χ2v) is 8.23. The van der Waals surface area contributed by atoms with E-state index in [-0.39, 0.29) is 5.56 Å². The van der Waals surface area contributed by atoms with Crippen LogP contribution in [0.25, 0.3) is 20.7 Å². The van der Waals surface area contributed by atoms with Gasteiger partial charge in [-0.25, -0.2) is 14.2 Å². The van der Waals surface area contributed by atoms with Crippen molar-refractivity contribution < 1.29 is 19.0 Å². The molecule has 3 aromatic rings. The average Bonchev–Trinajstić information content (AvgIpc) is 2.74. The highest BCUT2D eigenvalue weighted by Gasteiger charge is 2.17. The van der Waals surface area contributed by atoms with Crippen molar-refractivity contribution in [3.8, 4) is 5.75 Å². The average molecular weight is 436 g/mol. The molecule has 2 aromatic carbocycles. The number of nitrogens with zero attached hydrogens (tertiary/aromatic N) is 1. The number of pyridine rings is 1. The summed E-state index contributed by atoms with van der Waals surface area (Å²) in [7, 11) is 0. The standard InChI is InChI=1S/C25H22FNO3S/c1-2-30-18-11-8-16(9-12-18)23-6-4-3-5-7-24(31-23)22-15-20(25(28)29)19-14-17(26)10-13-21(19)27-22/h6-15H,2-5H2,1H3,(H,28,29)/b23-6+,24-7-. The van der Waals surface area contributed by atoms with Crippen molar-refractivity contribution in [2.75, 3.05) is 6.61 Å². The number of aromatic nitrogens is 1. The number of ether oxygens (including phenoxy) is 1. The maximum absolute atomic E-state index is 13.7. The lowest BCUT2D eigenvalue weighted by Crippen LogP contribution is -2.02. The van der Waals surface area contributed by atoms with Crippen LogP contribution >= 0.6 is 11.8 Å². The Kier molecular flexibility index (Phi) is 6.37. The van der Waals surface area contributed by atoms with Gasteiger partial charge in [0.05, 0.1) is 23.4 Å². The van der Waals surface area contributed by atoms with E-state index in [9.17, 15) is 14.3 Å². The van der Waals surface area contributed by atoms with E-state index >= 15 is 0 Å². The van der Waals surface area contributed by atoms with Crippen LogP contribution in [0.2, 0.25) is 0 Å². The molecular weight excluding hydrogens is 413 g/mol. The lowest BCUT2D eigenvalue weighted by Gasteiger charge is -2.15. The number of fused-ring (bicyclic) bond motifs is 1. The lowest BCUT2D eigenvalue weighted by molar-refractivity contribution is 0.0699. The van der Waals surface area contributed by atoms with E-state index in [1.165, 1.54) is 18.2 Å². The van der Waals surface area contributed by atoms with E-state index in [1.54, 1.807) is 17.8 Å². The largest absolute Gasteiger partial charge is 0.494 e. The molecule has 1 aliphatic heterocycles. The van der Waals surface area contributed by atoms with Gasteiger partial charge in [-0.15, -0.1) is 0 Å². The van der Waals surface area contributed by atoms with E-state index in [1.807, 2.05) is 31.2 Å². The number of allylic oxidation sites excluding steroid dienone is 2. The molecule has 31 heavy (non-hydrogen) atoms. The Morgan fingerprint density at radius 3 is 2.55 bits per heavy atom. The molecule has 4 rings (SSSR count). The molecule has 0 bridgehead atoms. The molecule has 0 amide bonds. The van der Waals surface area contributed by atoms with Crippen LogP contribution in [0, 0.1) is 5.82 Å². The molecule has 0 saturated carbocycles. The van der Waals surface area contributed by atoms with Gasteiger partial charge in [-0.3, -0.25) is 0 Å². The first kappa shape index (κ1) is 21.1. The number of carboxylic acids is 1. The predicted molar refractivity (Wildman–Crippen MR) is 124 cm³/mol. The normalized spacial score (nSPS) is 17.7. The zero-order valence-electron chi connectivity index (χ0n) is 17.1. The molecule has 1 aliphatic rings. The zero-order valence-corrected chi connectivity index (χ0v) is 17.9. The Balaban J connectivity index is 1.72. The van der Waals surface area contributed by atoms with E-state index in [4.69, 9.17) is 4.74 Å². The number of benzene rings is 2. The maximum atomic E-state index is 13.7. The first-order chi connectivity index (χ1) is 15.0. The van der Waals surface area contributed by atoms with Crippen LogP contribution in [0.1, 0.15) is 47.8 Å². The van der Waals surface area contributed by atoms with Gasteiger partial charge < -0.3 is 9.84 Å². The molecule has 4 nitrogen and oxygen atoms in total. The molecular formula is C25H22FNO3S. The van der Waals surface area contributed by atoms with Gasteiger partial charge in [0.1, 0.15) is 11.6 Å².